The standard InChI is InChI=1S/C20H42N4O2/c1-17(25-3)23-19(21)15-13-11-9-7-5-6-8-10-12-14-16-20(22)24-18(2)26-4/h17-18H,5-16H2,1-4H3,(H2,21,23)(H2,22,24). The molecule has 0 aliphatic heterocycles. The van der Waals surface area contributed by atoms with Crippen molar-refractivity contribution in [3.63, 3.8) is 0 Å². The maximum absolute atomic E-state index is 5.87. The lowest BCUT2D eigenvalue weighted by Crippen LogP contribution is -2.15. The third-order valence-corrected chi connectivity index (χ3v) is 4.49. The molecule has 0 amide bonds. The van der Waals surface area contributed by atoms with Crippen LogP contribution in [-0.2, 0) is 9.47 Å². The van der Waals surface area contributed by atoms with Crippen LogP contribution in [0.1, 0.15) is 90.9 Å². The number of unbranched alkanes of at least 4 members (excludes halogenated alkanes) is 9. The molecule has 2 unspecified atom stereocenters. The molecule has 0 bridgehead atoms. The summed E-state index contributed by atoms with van der Waals surface area (Å²) in [4.78, 5) is 8.52. The summed E-state index contributed by atoms with van der Waals surface area (Å²) < 4.78 is 10.1. The van der Waals surface area contributed by atoms with Crippen LogP contribution in [0.2, 0.25) is 0 Å². The van der Waals surface area contributed by atoms with Crippen LogP contribution in [-0.4, -0.2) is 38.3 Å². The van der Waals surface area contributed by atoms with Crippen molar-refractivity contribution in [1.82, 2.24) is 0 Å². The van der Waals surface area contributed by atoms with Gasteiger partial charge in [0.1, 0.15) is 12.5 Å². The monoisotopic (exact) mass is 370 g/mol. The Morgan fingerprint density at radius 3 is 1.15 bits per heavy atom. The zero-order chi connectivity index (χ0) is 19.6. The second-order valence-electron chi connectivity index (χ2n) is 6.95. The van der Waals surface area contributed by atoms with E-state index in [-0.39, 0.29) is 12.5 Å². The van der Waals surface area contributed by atoms with Crippen molar-refractivity contribution in [2.24, 2.45) is 21.5 Å². The average Bonchev–Trinajstić information content (AvgIpc) is 2.62. The van der Waals surface area contributed by atoms with Gasteiger partial charge in [0, 0.05) is 27.1 Å². The minimum absolute atomic E-state index is 0.132. The molecular formula is C20H42N4O2. The molecule has 0 aromatic rings. The van der Waals surface area contributed by atoms with Gasteiger partial charge in [0.25, 0.3) is 0 Å². The van der Waals surface area contributed by atoms with Crippen molar-refractivity contribution >= 4 is 11.7 Å². The summed E-state index contributed by atoms with van der Waals surface area (Å²) in [5.41, 5.74) is 11.7. The predicted molar refractivity (Wildman–Crippen MR) is 112 cm³/mol. The highest BCUT2D eigenvalue weighted by Gasteiger charge is 2.00. The second kappa shape index (κ2) is 17.3. The molecule has 0 rings (SSSR count). The van der Waals surface area contributed by atoms with Gasteiger partial charge in [0.15, 0.2) is 0 Å². The van der Waals surface area contributed by atoms with Gasteiger partial charge >= 0.3 is 0 Å². The summed E-state index contributed by atoms with van der Waals surface area (Å²) in [5.74, 6) is 1.42. The van der Waals surface area contributed by atoms with Gasteiger partial charge < -0.3 is 20.9 Å². The number of methoxy groups -OCH3 is 2. The topological polar surface area (TPSA) is 95.2 Å². The Morgan fingerprint density at radius 2 is 0.885 bits per heavy atom. The zero-order valence-corrected chi connectivity index (χ0v) is 17.5. The van der Waals surface area contributed by atoms with Crippen molar-refractivity contribution in [2.75, 3.05) is 14.2 Å². The Hall–Kier alpha value is -1.14. The molecule has 154 valence electrons. The van der Waals surface area contributed by atoms with E-state index < -0.39 is 0 Å². The van der Waals surface area contributed by atoms with Crippen LogP contribution in [0.3, 0.4) is 0 Å². The summed E-state index contributed by atoms with van der Waals surface area (Å²) >= 11 is 0. The Morgan fingerprint density at radius 1 is 0.615 bits per heavy atom. The number of hydrogen-bond donors (Lipinski definition) is 2. The number of hydrogen-bond acceptors (Lipinski definition) is 4. The van der Waals surface area contributed by atoms with Crippen LogP contribution >= 0.6 is 0 Å². The highest BCUT2D eigenvalue weighted by atomic mass is 16.5. The third-order valence-electron chi connectivity index (χ3n) is 4.49. The van der Waals surface area contributed by atoms with Gasteiger partial charge in [-0.25, -0.2) is 9.98 Å². The number of amidine groups is 2. The first-order chi connectivity index (χ1) is 12.5. The predicted octanol–water partition coefficient (Wildman–Crippen LogP) is 4.37. The summed E-state index contributed by atoms with van der Waals surface area (Å²) in [6, 6.07) is 0. The van der Waals surface area contributed by atoms with E-state index in [1.54, 1.807) is 14.2 Å². The second-order valence-corrected chi connectivity index (χ2v) is 6.95. The molecule has 0 saturated carbocycles. The molecule has 0 fully saturated rings. The molecule has 4 N–H and O–H groups in total. The van der Waals surface area contributed by atoms with Gasteiger partial charge in [-0.05, 0) is 26.7 Å². The quantitative estimate of drug-likeness (QED) is 0.226. The lowest BCUT2D eigenvalue weighted by atomic mass is 10.0. The fourth-order valence-corrected chi connectivity index (χ4v) is 2.73. The maximum Gasteiger partial charge on any atom is 0.147 e. The van der Waals surface area contributed by atoms with E-state index in [0.717, 1.165) is 25.7 Å². The van der Waals surface area contributed by atoms with Crippen LogP contribution in [0.25, 0.3) is 0 Å². The van der Waals surface area contributed by atoms with Crippen molar-refractivity contribution in [3.8, 4) is 0 Å². The Labute approximate surface area is 160 Å². The Bertz CT molecular complexity index is 350. The van der Waals surface area contributed by atoms with Crippen LogP contribution in [0, 0.1) is 0 Å². The molecule has 0 aliphatic rings. The van der Waals surface area contributed by atoms with E-state index >= 15 is 0 Å². The van der Waals surface area contributed by atoms with E-state index in [2.05, 4.69) is 9.98 Å². The van der Waals surface area contributed by atoms with Crippen molar-refractivity contribution < 1.29 is 9.47 Å². The summed E-state index contributed by atoms with van der Waals surface area (Å²) in [7, 11) is 3.29. The van der Waals surface area contributed by atoms with E-state index in [9.17, 15) is 0 Å². The van der Waals surface area contributed by atoms with E-state index in [0.29, 0.717) is 11.7 Å². The highest BCUT2D eigenvalue weighted by molar-refractivity contribution is 5.80. The summed E-state index contributed by atoms with van der Waals surface area (Å²) in [6.07, 6.45) is 14.1. The fourth-order valence-electron chi connectivity index (χ4n) is 2.73. The molecule has 0 spiro atoms. The molecule has 0 heterocycles. The normalized spacial score (nSPS) is 15.2. The maximum atomic E-state index is 5.87. The van der Waals surface area contributed by atoms with Crippen molar-refractivity contribution in [1.29, 1.82) is 0 Å². The lowest BCUT2D eigenvalue weighted by molar-refractivity contribution is 0.126. The van der Waals surface area contributed by atoms with E-state index in [1.807, 2.05) is 13.8 Å². The number of nitrogens with zero attached hydrogens (tertiary/aromatic N) is 2. The Kier molecular flexibility index (Phi) is 16.5. The Balaban J connectivity index is 3.37. The van der Waals surface area contributed by atoms with Gasteiger partial charge in [0.2, 0.25) is 0 Å². The molecule has 6 nitrogen and oxygen atoms in total. The zero-order valence-electron chi connectivity index (χ0n) is 17.5. The van der Waals surface area contributed by atoms with Crippen LogP contribution in [0.15, 0.2) is 9.98 Å². The molecule has 0 saturated heterocycles. The molecule has 0 radical (unpaired) electrons. The lowest BCUT2D eigenvalue weighted by Gasteiger charge is -2.07. The van der Waals surface area contributed by atoms with Gasteiger partial charge in [-0.1, -0.05) is 51.4 Å². The smallest absolute Gasteiger partial charge is 0.147 e. The summed E-state index contributed by atoms with van der Waals surface area (Å²) in [6.45, 7) is 3.80. The number of ether oxygens (including phenoxy) is 2. The molecule has 6 heteroatoms. The molecule has 26 heavy (non-hydrogen) atoms. The van der Waals surface area contributed by atoms with Gasteiger partial charge in [0.05, 0.1) is 11.7 Å². The van der Waals surface area contributed by atoms with E-state index in [1.165, 1.54) is 51.4 Å². The number of nitrogens with two attached hydrogens (primary N) is 2. The largest absolute Gasteiger partial charge is 0.387 e. The van der Waals surface area contributed by atoms with E-state index in [4.69, 9.17) is 20.9 Å². The van der Waals surface area contributed by atoms with Crippen LogP contribution in [0.5, 0.6) is 0 Å². The first-order valence-electron chi connectivity index (χ1n) is 10.2. The fraction of sp³-hybridized carbons (Fsp3) is 0.900. The minimum Gasteiger partial charge on any atom is -0.387 e. The molecule has 0 aromatic heterocycles. The van der Waals surface area contributed by atoms with Gasteiger partial charge in [-0.2, -0.15) is 0 Å². The minimum atomic E-state index is -0.132. The number of aliphatic imine (C=N–C) groups is 2. The van der Waals surface area contributed by atoms with Gasteiger partial charge in [-0.3, -0.25) is 0 Å². The van der Waals surface area contributed by atoms with Crippen molar-refractivity contribution in [3.05, 3.63) is 0 Å². The molecule has 2 atom stereocenters. The third kappa shape index (κ3) is 16.3. The number of rotatable bonds is 17. The molecule has 0 aromatic carbocycles. The van der Waals surface area contributed by atoms with Gasteiger partial charge in [-0.15, -0.1) is 0 Å². The average molecular weight is 371 g/mol. The molecule has 0 aliphatic carbocycles. The van der Waals surface area contributed by atoms with Crippen LogP contribution in [0.4, 0.5) is 0 Å². The SMILES string of the molecule is COC(C)/N=C(\N)CCCCCCCCCCCC/C(N)=N\C(C)OC. The summed E-state index contributed by atoms with van der Waals surface area (Å²) in [5, 5.41) is 0. The van der Waals surface area contributed by atoms with Crippen molar-refractivity contribution in [2.45, 2.75) is 103 Å². The molecular weight excluding hydrogens is 328 g/mol. The van der Waals surface area contributed by atoms with Crippen LogP contribution < -0.4 is 11.5 Å². The first-order valence-corrected chi connectivity index (χ1v) is 10.2. The first kappa shape index (κ1) is 24.9. The highest BCUT2D eigenvalue weighted by Crippen LogP contribution is 2.12.